The lowest BCUT2D eigenvalue weighted by Crippen LogP contribution is -2.48. The fraction of sp³-hybridized carbons (Fsp3) is 0.353. The van der Waals surface area contributed by atoms with Gasteiger partial charge in [-0.3, -0.25) is 9.78 Å². The topological polar surface area (TPSA) is 65.8 Å². The molecule has 0 saturated heterocycles. The predicted octanol–water partition coefficient (Wildman–Crippen LogP) is 3.19. The minimum atomic E-state index is -0.728. The Labute approximate surface area is 123 Å². The number of fused-ring (bicyclic) bond motifs is 1. The van der Waals surface area contributed by atoms with Crippen molar-refractivity contribution in [1.82, 2.24) is 10.3 Å². The first-order chi connectivity index (χ1) is 10.2. The molecule has 106 valence electrons. The molecule has 4 nitrogen and oxygen atoms in total. The standard InChI is InChI=1S/C17H17N3O/c18-12-17(9-4-1-5-10-17)20-16(21)15-14-7-3-2-6-13(14)8-11-19-15/h2-3,6-8,11H,1,4-5,9-10H2,(H,20,21). The lowest BCUT2D eigenvalue weighted by molar-refractivity contribution is 0.0899. The first-order valence-electron chi connectivity index (χ1n) is 7.32. The quantitative estimate of drug-likeness (QED) is 0.918. The Morgan fingerprint density at radius 3 is 2.71 bits per heavy atom. The van der Waals surface area contributed by atoms with E-state index in [0.29, 0.717) is 5.69 Å². The number of rotatable bonds is 2. The molecule has 0 bridgehead atoms. The summed E-state index contributed by atoms with van der Waals surface area (Å²) < 4.78 is 0. The third-order valence-corrected chi connectivity index (χ3v) is 4.16. The van der Waals surface area contributed by atoms with Gasteiger partial charge in [-0.2, -0.15) is 5.26 Å². The molecule has 4 heteroatoms. The zero-order valence-corrected chi connectivity index (χ0v) is 11.8. The summed E-state index contributed by atoms with van der Waals surface area (Å²) in [5, 5.41) is 14.2. The Morgan fingerprint density at radius 2 is 1.95 bits per heavy atom. The summed E-state index contributed by atoms with van der Waals surface area (Å²) >= 11 is 0. The molecule has 0 aliphatic heterocycles. The van der Waals surface area contributed by atoms with Crippen LogP contribution in [0.3, 0.4) is 0 Å². The Balaban J connectivity index is 1.92. The second-order valence-corrected chi connectivity index (χ2v) is 5.59. The van der Waals surface area contributed by atoms with Crippen molar-refractivity contribution in [2.75, 3.05) is 0 Å². The fourth-order valence-corrected chi connectivity index (χ4v) is 3.00. The van der Waals surface area contributed by atoms with Gasteiger partial charge in [0.15, 0.2) is 0 Å². The first-order valence-corrected chi connectivity index (χ1v) is 7.32. The van der Waals surface area contributed by atoms with Gasteiger partial charge in [0.1, 0.15) is 11.2 Å². The number of aromatic nitrogens is 1. The fourth-order valence-electron chi connectivity index (χ4n) is 3.00. The SMILES string of the molecule is N#CC1(NC(=O)c2nccc3ccccc23)CCCCC1. The van der Waals surface area contributed by atoms with Gasteiger partial charge < -0.3 is 5.32 Å². The molecule has 21 heavy (non-hydrogen) atoms. The lowest BCUT2D eigenvalue weighted by atomic mass is 9.82. The molecule has 3 rings (SSSR count). The number of nitrogens with zero attached hydrogens (tertiary/aromatic N) is 2. The van der Waals surface area contributed by atoms with Crippen molar-refractivity contribution < 1.29 is 4.79 Å². The normalized spacial score (nSPS) is 17.1. The molecule has 1 fully saturated rings. The number of nitriles is 1. The first kappa shape index (κ1) is 13.6. The van der Waals surface area contributed by atoms with E-state index in [-0.39, 0.29) is 5.91 Å². The van der Waals surface area contributed by atoms with Crippen LogP contribution in [0.4, 0.5) is 0 Å². The molecule has 1 aliphatic carbocycles. The van der Waals surface area contributed by atoms with Gasteiger partial charge in [0.2, 0.25) is 0 Å². The van der Waals surface area contributed by atoms with E-state index in [9.17, 15) is 10.1 Å². The molecule has 2 aromatic rings. The summed E-state index contributed by atoms with van der Waals surface area (Å²) in [7, 11) is 0. The van der Waals surface area contributed by atoms with E-state index < -0.39 is 5.54 Å². The monoisotopic (exact) mass is 279 g/mol. The average Bonchev–Trinajstić information content (AvgIpc) is 2.55. The van der Waals surface area contributed by atoms with Gasteiger partial charge in [-0.15, -0.1) is 0 Å². The Kier molecular flexibility index (Phi) is 3.57. The summed E-state index contributed by atoms with van der Waals surface area (Å²) in [6.45, 7) is 0. The lowest BCUT2D eigenvalue weighted by Gasteiger charge is -2.31. The molecular weight excluding hydrogens is 262 g/mol. The largest absolute Gasteiger partial charge is 0.332 e. The molecule has 0 atom stereocenters. The Morgan fingerprint density at radius 1 is 1.19 bits per heavy atom. The highest BCUT2D eigenvalue weighted by atomic mass is 16.2. The molecule has 1 aromatic heterocycles. The molecule has 1 N–H and O–H groups in total. The van der Waals surface area contributed by atoms with E-state index in [1.807, 2.05) is 30.3 Å². The van der Waals surface area contributed by atoms with Crippen LogP contribution in [-0.2, 0) is 0 Å². The maximum Gasteiger partial charge on any atom is 0.271 e. The molecule has 0 radical (unpaired) electrons. The van der Waals surface area contributed by atoms with E-state index >= 15 is 0 Å². The van der Waals surface area contributed by atoms with Gasteiger partial charge in [-0.05, 0) is 24.3 Å². The number of pyridine rings is 1. The van der Waals surface area contributed by atoms with Gasteiger partial charge in [0.05, 0.1) is 6.07 Å². The van der Waals surface area contributed by atoms with Crippen LogP contribution in [0.1, 0.15) is 42.6 Å². The number of hydrogen-bond donors (Lipinski definition) is 1. The Bertz CT molecular complexity index is 706. The van der Waals surface area contributed by atoms with Crippen molar-refractivity contribution in [3.05, 3.63) is 42.2 Å². The van der Waals surface area contributed by atoms with Crippen LogP contribution in [0.25, 0.3) is 10.8 Å². The highest BCUT2D eigenvalue weighted by Crippen LogP contribution is 2.28. The van der Waals surface area contributed by atoms with E-state index in [4.69, 9.17) is 0 Å². The van der Waals surface area contributed by atoms with Crippen molar-refractivity contribution in [2.45, 2.75) is 37.6 Å². The molecule has 0 unspecified atom stereocenters. The van der Waals surface area contributed by atoms with Gasteiger partial charge in [-0.25, -0.2) is 0 Å². The number of hydrogen-bond acceptors (Lipinski definition) is 3. The summed E-state index contributed by atoms with van der Waals surface area (Å²) in [6, 6.07) is 11.8. The molecular formula is C17H17N3O. The van der Waals surface area contributed by atoms with E-state index in [2.05, 4.69) is 16.4 Å². The van der Waals surface area contributed by atoms with E-state index in [1.165, 1.54) is 0 Å². The second kappa shape index (κ2) is 5.53. The number of carbonyl (C=O) groups excluding carboxylic acids is 1. The van der Waals surface area contributed by atoms with E-state index in [0.717, 1.165) is 42.9 Å². The van der Waals surface area contributed by atoms with Crippen LogP contribution < -0.4 is 5.32 Å². The summed E-state index contributed by atoms with van der Waals surface area (Å²) in [4.78, 5) is 16.8. The third kappa shape index (κ3) is 2.59. The molecule has 0 spiro atoms. The van der Waals surface area contributed by atoms with Crippen molar-refractivity contribution >= 4 is 16.7 Å². The third-order valence-electron chi connectivity index (χ3n) is 4.16. The zero-order chi connectivity index (χ0) is 14.7. The molecule has 1 heterocycles. The highest BCUT2D eigenvalue weighted by Gasteiger charge is 2.34. The van der Waals surface area contributed by atoms with Crippen molar-refractivity contribution in [2.24, 2.45) is 0 Å². The zero-order valence-electron chi connectivity index (χ0n) is 11.8. The predicted molar refractivity (Wildman–Crippen MR) is 80.6 cm³/mol. The van der Waals surface area contributed by atoms with Crippen LogP contribution in [0.15, 0.2) is 36.5 Å². The second-order valence-electron chi connectivity index (χ2n) is 5.59. The number of benzene rings is 1. The Hall–Kier alpha value is -2.41. The highest BCUT2D eigenvalue weighted by molar-refractivity contribution is 6.05. The molecule has 1 aromatic carbocycles. The summed E-state index contributed by atoms with van der Waals surface area (Å²) in [5.74, 6) is -0.254. The van der Waals surface area contributed by atoms with Crippen LogP contribution in [0, 0.1) is 11.3 Å². The molecule has 1 saturated carbocycles. The summed E-state index contributed by atoms with van der Waals surface area (Å²) in [5.41, 5.74) is -0.332. The number of amides is 1. The van der Waals surface area contributed by atoms with Crippen molar-refractivity contribution in [3.63, 3.8) is 0 Å². The molecule has 1 amide bonds. The van der Waals surface area contributed by atoms with E-state index in [1.54, 1.807) is 6.20 Å². The van der Waals surface area contributed by atoms with Crippen LogP contribution in [0.5, 0.6) is 0 Å². The van der Waals surface area contributed by atoms with Crippen molar-refractivity contribution in [3.8, 4) is 6.07 Å². The van der Waals surface area contributed by atoms with Crippen molar-refractivity contribution in [1.29, 1.82) is 5.26 Å². The minimum absolute atomic E-state index is 0.254. The van der Waals surface area contributed by atoms with Crippen LogP contribution in [-0.4, -0.2) is 16.4 Å². The van der Waals surface area contributed by atoms with Crippen LogP contribution >= 0.6 is 0 Å². The number of nitrogens with one attached hydrogen (secondary N) is 1. The maximum atomic E-state index is 12.6. The molecule has 1 aliphatic rings. The minimum Gasteiger partial charge on any atom is -0.332 e. The maximum absolute atomic E-state index is 12.6. The van der Waals surface area contributed by atoms with Gasteiger partial charge in [0.25, 0.3) is 5.91 Å². The van der Waals surface area contributed by atoms with Gasteiger partial charge in [0, 0.05) is 11.6 Å². The van der Waals surface area contributed by atoms with Gasteiger partial charge in [-0.1, -0.05) is 43.5 Å². The summed E-state index contributed by atoms with van der Waals surface area (Å²) in [6.07, 6.45) is 6.18. The van der Waals surface area contributed by atoms with Gasteiger partial charge >= 0.3 is 0 Å². The average molecular weight is 279 g/mol. The van der Waals surface area contributed by atoms with Crippen LogP contribution in [0.2, 0.25) is 0 Å². The smallest absolute Gasteiger partial charge is 0.271 e. The number of carbonyl (C=O) groups is 1.